The Labute approximate surface area is 132 Å². The van der Waals surface area contributed by atoms with Crippen LogP contribution in [0.2, 0.25) is 0 Å². The fraction of sp³-hybridized carbons (Fsp3) is 0.333. The minimum absolute atomic E-state index is 0.00328. The molecule has 0 radical (unpaired) electrons. The van der Waals surface area contributed by atoms with Crippen molar-refractivity contribution in [3.05, 3.63) is 75.1 Å². The van der Waals surface area contributed by atoms with E-state index in [0.717, 1.165) is 25.7 Å². The molecule has 2 bridgehead atoms. The van der Waals surface area contributed by atoms with Gasteiger partial charge in [0, 0.05) is 0 Å². The molecule has 2 atom stereocenters. The van der Waals surface area contributed by atoms with E-state index in [2.05, 4.69) is 18.2 Å². The minimum Gasteiger partial charge on any atom is -0.245 e. The molecular formula is C18H17N3O2. The van der Waals surface area contributed by atoms with Gasteiger partial charge in [0.25, 0.3) is 0 Å². The number of hydrogen-bond acceptors (Lipinski definition) is 2. The quantitative estimate of drug-likeness (QED) is 0.758. The maximum Gasteiger partial charge on any atom is 0.352 e. The van der Waals surface area contributed by atoms with Gasteiger partial charge >= 0.3 is 11.4 Å². The number of benzene rings is 1. The van der Waals surface area contributed by atoms with Gasteiger partial charge in [0.1, 0.15) is 0 Å². The van der Waals surface area contributed by atoms with E-state index in [4.69, 9.17) is 0 Å². The highest BCUT2D eigenvalue weighted by atomic mass is 16.2. The second-order valence-electron chi connectivity index (χ2n) is 6.60. The molecule has 3 heterocycles. The summed E-state index contributed by atoms with van der Waals surface area (Å²) in [5.41, 5.74) is 1.16. The van der Waals surface area contributed by atoms with Crippen molar-refractivity contribution in [2.45, 2.75) is 37.3 Å². The lowest BCUT2D eigenvalue weighted by molar-refractivity contribution is 0.137. The van der Waals surface area contributed by atoms with Gasteiger partial charge in [0.05, 0.1) is 17.3 Å². The van der Waals surface area contributed by atoms with Gasteiger partial charge in [-0.15, -0.1) is 0 Å². The summed E-state index contributed by atoms with van der Waals surface area (Å²) in [6.45, 7) is 0. The van der Waals surface area contributed by atoms with Crippen LogP contribution in [0.25, 0.3) is 5.69 Å². The van der Waals surface area contributed by atoms with E-state index in [1.807, 2.05) is 30.3 Å². The molecule has 6 rings (SSSR count). The van der Waals surface area contributed by atoms with Crippen LogP contribution in [0.4, 0.5) is 0 Å². The summed E-state index contributed by atoms with van der Waals surface area (Å²) >= 11 is 0. The van der Waals surface area contributed by atoms with Gasteiger partial charge in [-0.1, -0.05) is 36.4 Å². The third-order valence-corrected chi connectivity index (χ3v) is 5.51. The molecule has 2 aliphatic heterocycles. The number of aromatic nitrogens is 3. The number of fused-ring (bicyclic) bond motifs is 1. The zero-order chi connectivity index (χ0) is 15.6. The Morgan fingerprint density at radius 2 is 1.87 bits per heavy atom. The number of allylic oxidation sites excluding steroid dienone is 4. The van der Waals surface area contributed by atoms with Crippen LogP contribution in [-0.4, -0.2) is 13.9 Å². The topological polar surface area (TPSA) is 48.9 Å². The lowest BCUT2D eigenvalue weighted by Crippen LogP contribution is -2.54. The molecule has 0 fully saturated rings. The number of rotatable bonds is 1. The Hall–Kier alpha value is -2.56. The second-order valence-corrected chi connectivity index (χ2v) is 6.60. The van der Waals surface area contributed by atoms with Crippen molar-refractivity contribution >= 4 is 0 Å². The largest absolute Gasteiger partial charge is 0.352 e. The standard InChI is InChI=1S/C18H17N3O2/c22-16-19(14-7-2-1-3-8-14)17(23)21-18-10-5-4-6-13(18)12-15(9-11-18)20(16)21/h1-5,7-8,12,15H,6,9-11H2/t15-,18+/m0/s1. The highest BCUT2D eigenvalue weighted by Crippen LogP contribution is 2.48. The number of para-hydroxylation sites is 1. The monoisotopic (exact) mass is 307 g/mol. The van der Waals surface area contributed by atoms with Crippen LogP contribution in [0, 0.1) is 0 Å². The van der Waals surface area contributed by atoms with Crippen LogP contribution in [0.3, 0.4) is 0 Å². The smallest absolute Gasteiger partial charge is 0.245 e. The highest BCUT2D eigenvalue weighted by Gasteiger charge is 2.49. The zero-order valence-corrected chi connectivity index (χ0v) is 12.7. The lowest BCUT2D eigenvalue weighted by Gasteiger charge is -2.48. The summed E-state index contributed by atoms with van der Waals surface area (Å²) in [5, 5.41) is 0. The molecule has 23 heavy (non-hydrogen) atoms. The van der Waals surface area contributed by atoms with Gasteiger partial charge < -0.3 is 0 Å². The lowest BCUT2D eigenvalue weighted by atomic mass is 9.71. The van der Waals surface area contributed by atoms with Crippen LogP contribution in [0.1, 0.15) is 31.7 Å². The van der Waals surface area contributed by atoms with Crippen molar-refractivity contribution in [1.29, 1.82) is 0 Å². The predicted molar refractivity (Wildman–Crippen MR) is 87.0 cm³/mol. The van der Waals surface area contributed by atoms with E-state index in [1.54, 1.807) is 9.36 Å². The van der Waals surface area contributed by atoms with Gasteiger partial charge in [-0.3, -0.25) is 0 Å². The Bertz CT molecular complexity index is 974. The average Bonchev–Trinajstić information content (AvgIpc) is 2.88. The third kappa shape index (κ3) is 1.47. The van der Waals surface area contributed by atoms with E-state index < -0.39 is 0 Å². The second kappa shape index (κ2) is 4.25. The minimum atomic E-state index is -0.334. The van der Waals surface area contributed by atoms with Crippen molar-refractivity contribution in [1.82, 2.24) is 13.9 Å². The fourth-order valence-corrected chi connectivity index (χ4v) is 4.45. The van der Waals surface area contributed by atoms with Gasteiger partial charge in [-0.05, 0) is 43.4 Å². The fourth-order valence-electron chi connectivity index (χ4n) is 4.45. The molecule has 116 valence electrons. The Balaban J connectivity index is 1.85. The van der Waals surface area contributed by atoms with E-state index in [1.165, 1.54) is 10.1 Å². The van der Waals surface area contributed by atoms with E-state index in [9.17, 15) is 9.59 Å². The van der Waals surface area contributed by atoms with Crippen molar-refractivity contribution in [3.63, 3.8) is 0 Å². The maximum absolute atomic E-state index is 13.1. The molecule has 1 aromatic heterocycles. The van der Waals surface area contributed by atoms with Crippen LogP contribution in [0.15, 0.2) is 63.7 Å². The van der Waals surface area contributed by atoms with Crippen LogP contribution in [0.5, 0.6) is 0 Å². The summed E-state index contributed by atoms with van der Waals surface area (Å²) < 4.78 is 4.74. The number of hydrogen-bond donors (Lipinski definition) is 0. The normalized spacial score (nSPS) is 27.5. The van der Waals surface area contributed by atoms with Gasteiger partial charge in [-0.2, -0.15) is 0 Å². The highest BCUT2D eigenvalue weighted by molar-refractivity contribution is 5.35. The molecule has 0 amide bonds. The van der Waals surface area contributed by atoms with Gasteiger partial charge in [-0.25, -0.2) is 23.5 Å². The van der Waals surface area contributed by atoms with E-state index in [-0.39, 0.29) is 23.0 Å². The molecule has 4 aliphatic rings. The molecular weight excluding hydrogens is 290 g/mol. The Morgan fingerprint density at radius 3 is 2.70 bits per heavy atom. The third-order valence-electron chi connectivity index (χ3n) is 5.51. The van der Waals surface area contributed by atoms with Gasteiger partial charge in [0.2, 0.25) is 0 Å². The summed E-state index contributed by atoms with van der Waals surface area (Å²) in [4.78, 5) is 26.1. The average molecular weight is 307 g/mol. The number of nitrogens with zero attached hydrogens (tertiary/aromatic N) is 3. The first-order valence-electron chi connectivity index (χ1n) is 8.11. The zero-order valence-electron chi connectivity index (χ0n) is 12.7. The predicted octanol–water partition coefficient (Wildman–Crippen LogP) is 2.12. The van der Waals surface area contributed by atoms with Crippen LogP contribution in [-0.2, 0) is 5.54 Å². The SMILES string of the molecule is O=c1n(-c2ccccc2)c(=O)n2n1[C@@H]1C=C3CC=CC[C@@]32CC1. The first kappa shape index (κ1) is 12.9. The molecule has 1 spiro atoms. The van der Waals surface area contributed by atoms with Crippen LogP contribution < -0.4 is 11.4 Å². The van der Waals surface area contributed by atoms with Crippen molar-refractivity contribution in [2.75, 3.05) is 0 Å². The molecule has 0 unspecified atom stereocenters. The first-order chi connectivity index (χ1) is 11.2. The molecule has 0 saturated carbocycles. The first-order valence-corrected chi connectivity index (χ1v) is 8.11. The molecule has 0 N–H and O–H groups in total. The van der Waals surface area contributed by atoms with E-state index in [0.29, 0.717) is 5.69 Å². The van der Waals surface area contributed by atoms with Crippen molar-refractivity contribution in [3.8, 4) is 5.69 Å². The molecule has 5 heteroatoms. The Kier molecular flexibility index (Phi) is 2.39. The summed E-state index contributed by atoms with van der Waals surface area (Å²) in [5.74, 6) is 0. The maximum atomic E-state index is 13.1. The molecule has 5 nitrogen and oxygen atoms in total. The van der Waals surface area contributed by atoms with Crippen LogP contribution >= 0.6 is 0 Å². The summed E-state index contributed by atoms with van der Waals surface area (Å²) in [6.07, 6.45) is 10.1. The molecule has 1 aromatic carbocycles. The Morgan fingerprint density at radius 1 is 1.04 bits per heavy atom. The summed E-state index contributed by atoms with van der Waals surface area (Å²) in [6, 6.07) is 9.21. The molecule has 2 aromatic rings. The van der Waals surface area contributed by atoms with Crippen molar-refractivity contribution in [2.24, 2.45) is 0 Å². The molecule has 0 saturated heterocycles. The van der Waals surface area contributed by atoms with Gasteiger partial charge in [0.15, 0.2) is 0 Å². The van der Waals surface area contributed by atoms with Crippen molar-refractivity contribution < 1.29 is 0 Å². The summed E-state index contributed by atoms with van der Waals surface area (Å²) in [7, 11) is 0. The molecule has 2 aliphatic carbocycles. The van der Waals surface area contributed by atoms with E-state index >= 15 is 0 Å².